The van der Waals surface area contributed by atoms with Crippen LogP contribution in [0.4, 0.5) is 4.39 Å². The van der Waals surface area contributed by atoms with Crippen molar-refractivity contribution in [3.05, 3.63) is 45.2 Å². The monoisotopic (exact) mass is 281 g/mol. The van der Waals surface area contributed by atoms with Crippen molar-refractivity contribution in [2.75, 3.05) is 0 Å². The van der Waals surface area contributed by atoms with E-state index in [0.717, 1.165) is 15.6 Å². The van der Waals surface area contributed by atoms with E-state index in [0.29, 0.717) is 11.3 Å². The number of benzene rings is 1. The molecule has 0 aliphatic heterocycles. The Morgan fingerprint density at radius 1 is 1.42 bits per heavy atom. The normalized spacial score (nSPS) is 12.5. The molecule has 1 N–H and O–H groups in total. The lowest BCUT2D eigenvalue weighted by Crippen LogP contribution is -2.01. The van der Waals surface area contributed by atoms with Gasteiger partial charge in [-0.15, -0.1) is 11.3 Å². The summed E-state index contributed by atoms with van der Waals surface area (Å²) in [5.41, 5.74) is 1.56. The molecule has 3 nitrogen and oxygen atoms in total. The zero-order valence-corrected chi connectivity index (χ0v) is 11.9. The maximum Gasteiger partial charge on any atom is 0.140 e. The molecule has 0 aliphatic carbocycles. The van der Waals surface area contributed by atoms with Crippen LogP contribution in [0.1, 0.15) is 34.2 Å². The van der Waals surface area contributed by atoms with Gasteiger partial charge >= 0.3 is 0 Å². The Morgan fingerprint density at radius 3 is 2.74 bits per heavy atom. The quantitative estimate of drug-likeness (QED) is 0.932. The van der Waals surface area contributed by atoms with Gasteiger partial charge in [0.05, 0.1) is 11.8 Å². The lowest BCUT2D eigenvalue weighted by Gasteiger charge is -2.12. The molecule has 5 heteroatoms. The van der Waals surface area contributed by atoms with Crippen molar-refractivity contribution < 1.29 is 14.2 Å². The summed E-state index contributed by atoms with van der Waals surface area (Å²) < 4.78 is 18.8. The number of hydrogen-bond donors (Lipinski definition) is 1. The van der Waals surface area contributed by atoms with Gasteiger partial charge in [0.1, 0.15) is 23.2 Å². The maximum absolute atomic E-state index is 13.2. The predicted octanol–water partition coefficient (Wildman–Crippen LogP) is 3.53. The van der Waals surface area contributed by atoms with E-state index in [-0.39, 0.29) is 12.4 Å². The third-order valence-corrected chi connectivity index (χ3v) is 3.90. The molecule has 1 unspecified atom stereocenters. The van der Waals surface area contributed by atoms with Crippen molar-refractivity contribution in [1.82, 2.24) is 4.98 Å². The summed E-state index contributed by atoms with van der Waals surface area (Å²) in [6.45, 7) is 5.85. The third-order valence-electron chi connectivity index (χ3n) is 2.85. The summed E-state index contributed by atoms with van der Waals surface area (Å²) in [4.78, 5) is 5.51. The van der Waals surface area contributed by atoms with Crippen LogP contribution in [-0.4, -0.2) is 10.1 Å². The Hall–Kier alpha value is -1.46. The summed E-state index contributed by atoms with van der Waals surface area (Å²) in [5.74, 6) is -0.0218. The minimum Gasteiger partial charge on any atom is -0.486 e. The van der Waals surface area contributed by atoms with Gasteiger partial charge in [-0.2, -0.15) is 0 Å². The molecule has 1 heterocycles. The first kappa shape index (κ1) is 14.0. The maximum atomic E-state index is 13.2. The Morgan fingerprint density at radius 2 is 2.16 bits per heavy atom. The zero-order valence-electron chi connectivity index (χ0n) is 11.1. The van der Waals surface area contributed by atoms with Crippen LogP contribution in [0.3, 0.4) is 0 Å². The van der Waals surface area contributed by atoms with E-state index in [2.05, 4.69) is 4.98 Å². The van der Waals surface area contributed by atoms with E-state index >= 15 is 0 Å². The number of thiazole rings is 1. The van der Waals surface area contributed by atoms with Crippen LogP contribution in [0.5, 0.6) is 5.75 Å². The van der Waals surface area contributed by atoms with Gasteiger partial charge in [0.15, 0.2) is 0 Å². The third kappa shape index (κ3) is 3.30. The first-order valence-electron chi connectivity index (χ1n) is 6.00. The molecule has 0 saturated heterocycles. The van der Waals surface area contributed by atoms with E-state index in [1.165, 1.54) is 18.2 Å². The van der Waals surface area contributed by atoms with Crippen molar-refractivity contribution in [3.8, 4) is 5.75 Å². The molecule has 1 atom stereocenters. The smallest absolute Gasteiger partial charge is 0.140 e. The molecule has 0 aliphatic rings. The second-order valence-electron chi connectivity index (χ2n) is 4.40. The zero-order chi connectivity index (χ0) is 14.0. The van der Waals surface area contributed by atoms with E-state index in [9.17, 15) is 9.50 Å². The number of ether oxygens (including phenoxy) is 1. The van der Waals surface area contributed by atoms with E-state index in [1.807, 2.05) is 13.8 Å². The second kappa shape index (κ2) is 5.67. The molecular weight excluding hydrogens is 265 g/mol. The topological polar surface area (TPSA) is 42.4 Å². The van der Waals surface area contributed by atoms with Crippen LogP contribution >= 0.6 is 11.3 Å². The van der Waals surface area contributed by atoms with E-state index in [4.69, 9.17) is 4.74 Å². The van der Waals surface area contributed by atoms with Gasteiger partial charge in [-0.3, -0.25) is 0 Å². The van der Waals surface area contributed by atoms with Crippen molar-refractivity contribution in [3.63, 3.8) is 0 Å². The van der Waals surface area contributed by atoms with Gasteiger partial charge < -0.3 is 9.84 Å². The summed E-state index contributed by atoms with van der Waals surface area (Å²) >= 11 is 1.56. The molecule has 2 rings (SSSR count). The Balaban J connectivity index is 2.16. The highest BCUT2D eigenvalue weighted by atomic mass is 32.1. The van der Waals surface area contributed by atoms with Crippen molar-refractivity contribution in [1.29, 1.82) is 0 Å². The molecule has 0 fully saturated rings. The number of aliphatic hydroxyl groups is 1. The minimum absolute atomic E-state index is 0.280. The molecular formula is C14H16FNO2S. The first-order chi connectivity index (χ1) is 8.97. The standard InChI is InChI=1S/C14H16FNO2S/c1-8-10(3)19-14(16-8)7-18-13-6-11(15)4-5-12(13)9(2)17/h4-6,9,17H,7H2,1-3H3. The highest BCUT2D eigenvalue weighted by molar-refractivity contribution is 7.11. The molecule has 0 amide bonds. The van der Waals surface area contributed by atoms with E-state index < -0.39 is 6.10 Å². The van der Waals surface area contributed by atoms with Crippen LogP contribution in [0.2, 0.25) is 0 Å². The van der Waals surface area contributed by atoms with Crippen LogP contribution < -0.4 is 4.74 Å². The summed E-state index contributed by atoms with van der Waals surface area (Å²) in [7, 11) is 0. The van der Waals surface area contributed by atoms with Crippen LogP contribution in [0.25, 0.3) is 0 Å². The highest BCUT2D eigenvalue weighted by Gasteiger charge is 2.12. The summed E-state index contributed by atoms with van der Waals surface area (Å²) in [5, 5.41) is 10.5. The Kier molecular flexibility index (Phi) is 4.17. The lowest BCUT2D eigenvalue weighted by atomic mass is 10.1. The minimum atomic E-state index is -0.699. The Labute approximate surface area is 115 Å². The van der Waals surface area contributed by atoms with Crippen LogP contribution in [0, 0.1) is 19.7 Å². The number of rotatable bonds is 4. The molecule has 0 radical (unpaired) electrons. The highest BCUT2D eigenvalue weighted by Crippen LogP contribution is 2.27. The number of aromatic nitrogens is 1. The summed E-state index contributed by atoms with van der Waals surface area (Å²) in [6, 6.07) is 4.13. The largest absolute Gasteiger partial charge is 0.486 e. The van der Waals surface area contributed by atoms with E-state index in [1.54, 1.807) is 18.3 Å². The molecule has 102 valence electrons. The first-order valence-corrected chi connectivity index (χ1v) is 6.82. The van der Waals surface area contributed by atoms with Gasteiger partial charge in [0, 0.05) is 16.5 Å². The molecule has 0 spiro atoms. The van der Waals surface area contributed by atoms with Crippen LogP contribution in [0.15, 0.2) is 18.2 Å². The van der Waals surface area contributed by atoms with Gasteiger partial charge in [0.25, 0.3) is 0 Å². The molecule has 2 aromatic rings. The number of aliphatic hydroxyl groups excluding tert-OH is 1. The fourth-order valence-corrected chi connectivity index (χ4v) is 2.57. The second-order valence-corrected chi connectivity index (χ2v) is 5.68. The number of hydrogen-bond acceptors (Lipinski definition) is 4. The average molecular weight is 281 g/mol. The fourth-order valence-electron chi connectivity index (χ4n) is 1.72. The van der Waals surface area contributed by atoms with Gasteiger partial charge in [0.2, 0.25) is 0 Å². The fraction of sp³-hybridized carbons (Fsp3) is 0.357. The lowest BCUT2D eigenvalue weighted by molar-refractivity contribution is 0.189. The number of nitrogens with zero attached hydrogens (tertiary/aromatic N) is 1. The molecule has 19 heavy (non-hydrogen) atoms. The number of aryl methyl sites for hydroxylation is 2. The van der Waals surface area contributed by atoms with Gasteiger partial charge in [-0.05, 0) is 32.9 Å². The molecule has 1 aromatic carbocycles. The number of halogens is 1. The predicted molar refractivity (Wildman–Crippen MR) is 73.0 cm³/mol. The van der Waals surface area contributed by atoms with Crippen molar-refractivity contribution in [2.45, 2.75) is 33.5 Å². The van der Waals surface area contributed by atoms with Crippen molar-refractivity contribution >= 4 is 11.3 Å². The molecule has 0 bridgehead atoms. The molecule has 0 saturated carbocycles. The summed E-state index contributed by atoms with van der Waals surface area (Å²) in [6.07, 6.45) is -0.699. The average Bonchev–Trinajstić information content (AvgIpc) is 2.66. The van der Waals surface area contributed by atoms with Crippen LogP contribution in [-0.2, 0) is 6.61 Å². The SMILES string of the molecule is Cc1nc(COc2cc(F)ccc2C(C)O)sc1C. The Bertz CT molecular complexity index is 561. The molecule has 1 aromatic heterocycles. The van der Waals surface area contributed by atoms with Gasteiger partial charge in [-0.25, -0.2) is 9.37 Å². The van der Waals surface area contributed by atoms with Gasteiger partial charge in [-0.1, -0.05) is 0 Å². The van der Waals surface area contributed by atoms with Crippen molar-refractivity contribution in [2.24, 2.45) is 0 Å².